The second-order valence-corrected chi connectivity index (χ2v) is 6.89. The van der Waals surface area contributed by atoms with Gasteiger partial charge in [-0.2, -0.15) is 0 Å². The first-order chi connectivity index (χ1) is 14.1. The number of methoxy groups -OCH3 is 2. The maximum absolute atomic E-state index is 12.2. The molecule has 1 aliphatic heterocycles. The van der Waals surface area contributed by atoms with Crippen LogP contribution in [-0.2, 0) is 9.53 Å². The topological polar surface area (TPSA) is 71.1 Å². The van der Waals surface area contributed by atoms with Gasteiger partial charge >= 0.3 is 5.97 Å². The molecule has 0 atom stereocenters. The lowest BCUT2D eigenvalue weighted by Crippen LogP contribution is -2.47. The average molecular weight is 397 g/mol. The third kappa shape index (κ3) is 5.71. The zero-order chi connectivity index (χ0) is 20.6. The lowest BCUT2D eigenvalue weighted by Gasteiger charge is -2.36. The van der Waals surface area contributed by atoms with Gasteiger partial charge in [0, 0.05) is 50.5 Å². The summed E-state index contributed by atoms with van der Waals surface area (Å²) in [5.41, 5.74) is 2.32. The summed E-state index contributed by atoms with van der Waals surface area (Å²) in [5, 5.41) is 2.87. The fourth-order valence-corrected chi connectivity index (χ4v) is 3.31. The van der Waals surface area contributed by atoms with Crippen molar-refractivity contribution in [2.45, 2.75) is 6.42 Å². The zero-order valence-corrected chi connectivity index (χ0v) is 16.9. The van der Waals surface area contributed by atoms with Crippen molar-refractivity contribution >= 4 is 23.3 Å². The summed E-state index contributed by atoms with van der Waals surface area (Å²) in [7, 11) is 3.01. The van der Waals surface area contributed by atoms with Gasteiger partial charge in [0.2, 0.25) is 5.91 Å². The van der Waals surface area contributed by atoms with E-state index in [1.165, 1.54) is 12.8 Å². The van der Waals surface area contributed by atoms with E-state index < -0.39 is 5.97 Å². The standard InChI is InChI=1S/C22H27N3O4/c1-28-20-9-7-19(8-10-20)25-15-13-24(14-16-25)12-11-21(26)23-18-5-3-17(4-6-18)22(27)29-2/h3-10H,11-16H2,1-2H3,(H,23,26). The molecule has 0 saturated carbocycles. The highest BCUT2D eigenvalue weighted by atomic mass is 16.5. The number of carbonyl (C=O) groups is 2. The lowest BCUT2D eigenvalue weighted by molar-refractivity contribution is -0.116. The van der Waals surface area contributed by atoms with Crippen molar-refractivity contribution in [3.8, 4) is 5.75 Å². The zero-order valence-electron chi connectivity index (χ0n) is 16.9. The van der Waals surface area contributed by atoms with E-state index in [9.17, 15) is 9.59 Å². The Kier molecular flexibility index (Phi) is 7.08. The van der Waals surface area contributed by atoms with Crippen LogP contribution in [-0.4, -0.2) is 63.7 Å². The molecule has 7 nitrogen and oxygen atoms in total. The van der Waals surface area contributed by atoms with Gasteiger partial charge in [-0.3, -0.25) is 9.69 Å². The summed E-state index contributed by atoms with van der Waals surface area (Å²) in [6.45, 7) is 4.44. The van der Waals surface area contributed by atoms with Crippen molar-refractivity contribution in [3.63, 3.8) is 0 Å². The Morgan fingerprint density at radius 2 is 1.59 bits per heavy atom. The van der Waals surface area contributed by atoms with Crippen molar-refractivity contribution in [1.82, 2.24) is 4.90 Å². The summed E-state index contributed by atoms with van der Waals surface area (Å²) in [4.78, 5) is 28.3. The van der Waals surface area contributed by atoms with Gasteiger partial charge in [-0.05, 0) is 48.5 Å². The van der Waals surface area contributed by atoms with Gasteiger partial charge in [0.1, 0.15) is 5.75 Å². The molecule has 3 rings (SSSR count). The Bertz CT molecular complexity index is 813. The first kappa shape index (κ1) is 20.7. The highest BCUT2D eigenvalue weighted by molar-refractivity contribution is 5.93. The highest BCUT2D eigenvalue weighted by Gasteiger charge is 2.18. The van der Waals surface area contributed by atoms with Crippen LogP contribution in [0.3, 0.4) is 0 Å². The monoisotopic (exact) mass is 397 g/mol. The molecule has 0 radical (unpaired) electrons. The number of rotatable bonds is 7. The number of hydrogen-bond donors (Lipinski definition) is 1. The van der Waals surface area contributed by atoms with E-state index in [-0.39, 0.29) is 5.91 Å². The number of piperazine rings is 1. The molecule has 0 bridgehead atoms. The van der Waals surface area contributed by atoms with Crippen LogP contribution < -0.4 is 15.0 Å². The fraction of sp³-hybridized carbons (Fsp3) is 0.364. The summed E-state index contributed by atoms with van der Waals surface area (Å²) in [6, 6.07) is 14.8. The van der Waals surface area contributed by atoms with Crippen LogP contribution in [0.4, 0.5) is 11.4 Å². The third-order valence-electron chi connectivity index (χ3n) is 5.05. The van der Waals surface area contributed by atoms with E-state index in [0.717, 1.165) is 38.5 Å². The number of anilines is 2. The molecule has 1 amide bonds. The SMILES string of the molecule is COC(=O)c1ccc(NC(=O)CCN2CCN(c3ccc(OC)cc3)CC2)cc1. The minimum Gasteiger partial charge on any atom is -0.497 e. The molecule has 2 aromatic rings. The normalized spacial score (nSPS) is 14.3. The molecule has 1 fully saturated rings. The highest BCUT2D eigenvalue weighted by Crippen LogP contribution is 2.20. The Labute approximate surface area is 171 Å². The predicted octanol–water partition coefficient (Wildman–Crippen LogP) is 2.63. The van der Waals surface area contributed by atoms with Crippen LogP contribution in [0.2, 0.25) is 0 Å². The quantitative estimate of drug-likeness (QED) is 0.725. The molecule has 29 heavy (non-hydrogen) atoms. The van der Waals surface area contributed by atoms with Gasteiger partial charge in [0.15, 0.2) is 0 Å². The molecule has 0 spiro atoms. The Morgan fingerprint density at radius 1 is 0.931 bits per heavy atom. The van der Waals surface area contributed by atoms with E-state index >= 15 is 0 Å². The van der Waals surface area contributed by atoms with Crippen LogP contribution in [0, 0.1) is 0 Å². The molecule has 1 saturated heterocycles. The minimum atomic E-state index is -0.392. The van der Waals surface area contributed by atoms with E-state index in [0.29, 0.717) is 17.7 Å². The second kappa shape index (κ2) is 9.93. The second-order valence-electron chi connectivity index (χ2n) is 6.89. The Morgan fingerprint density at radius 3 is 2.17 bits per heavy atom. The van der Waals surface area contributed by atoms with E-state index in [2.05, 4.69) is 32.0 Å². The summed E-state index contributed by atoms with van der Waals surface area (Å²) in [5.74, 6) is 0.434. The maximum Gasteiger partial charge on any atom is 0.337 e. The number of nitrogens with zero attached hydrogens (tertiary/aromatic N) is 2. The fourth-order valence-electron chi connectivity index (χ4n) is 3.31. The molecule has 154 valence electrons. The molecular weight excluding hydrogens is 370 g/mol. The third-order valence-corrected chi connectivity index (χ3v) is 5.05. The average Bonchev–Trinajstić information content (AvgIpc) is 2.78. The first-order valence-electron chi connectivity index (χ1n) is 9.68. The van der Waals surface area contributed by atoms with Crippen LogP contribution in [0.5, 0.6) is 5.75 Å². The van der Waals surface area contributed by atoms with Gasteiger partial charge in [-0.15, -0.1) is 0 Å². The lowest BCUT2D eigenvalue weighted by atomic mass is 10.2. The molecule has 7 heteroatoms. The number of hydrogen-bond acceptors (Lipinski definition) is 6. The molecule has 0 aliphatic carbocycles. The number of benzene rings is 2. The number of ether oxygens (including phenoxy) is 2. The number of esters is 1. The van der Waals surface area contributed by atoms with E-state index in [1.807, 2.05) is 12.1 Å². The Hall–Kier alpha value is -3.06. The van der Waals surface area contributed by atoms with Crippen LogP contribution >= 0.6 is 0 Å². The van der Waals surface area contributed by atoms with Crippen LogP contribution in [0.1, 0.15) is 16.8 Å². The molecule has 0 unspecified atom stereocenters. The predicted molar refractivity (Wildman–Crippen MR) is 113 cm³/mol. The van der Waals surface area contributed by atoms with Crippen molar-refractivity contribution in [2.75, 3.05) is 57.2 Å². The molecule has 0 aromatic heterocycles. The number of nitrogens with one attached hydrogen (secondary N) is 1. The number of carbonyl (C=O) groups excluding carboxylic acids is 2. The molecular formula is C22H27N3O4. The van der Waals surface area contributed by atoms with Crippen molar-refractivity contribution in [2.24, 2.45) is 0 Å². The van der Waals surface area contributed by atoms with Crippen molar-refractivity contribution in [1.29, 1.82) is 0 Å². The van der Waals surface area contributed by atoms with Gasteiger partial charge < -0.3 is 19.7 Å². The summed E-state index contributed by atoms with van der Waals surface area (Å²) in [6.07, 6.45) is 0.432. The molecule has 1 aliphatic rings. The van der Waals surface area contributed by atoms with Crippen LogP contribution in [0.15, 0.2) is 48.5 Å². The van der Waals surface area contributed by atoms with Crippen molar-refractivity contribution < 1.29 is 19.1 Å². The minimum absolute atomic E-state index is 0.0339. The molecule has 1 N–H and O–H groups in total. The van der Waals surface area contributed by atoms with Gasteiger partial charge in [-0.25, -0.2) is 4.79 Å². The van der Waals surface area contributed by atoms with E-state index in [1.54, 1.807) is 31.4 Å². The Balaban J connectivity index is 1.40. The van der Waals surface area contributed by atoms with Crippen molar-refractivity contribution in [3.05, 3.63) is 54.1 Å². The summed E-state index contributed by atoms with van der Waals surface area (Å²) >= 11 is 0. The molecule has 2 aromatic carbocycles. The maximum atomic E-state index is 12.2. The number of amides is 1. The van der Waals surface area contributed by atoms with Crippen LogP contribution in [0.25, 0.3) is 0 Å². The van der Waals surface area contributed by atoms with Gasteiger partial charge in [-0.1, -0.05) is 0 Å². The summed E-state index contributed by atoms with van der Waals surface area (Å²) < 4.78 is 9.88. The van der Waals surface area contributed by atoms with Gasteiger partial charge in [0.25, 0.3) is 0 Å². The van der Waals surface area contributed by atoms with E-state index in [4.69, 9.17) is 4.74 Å². The van der Waals surface area contributed by atoms with Gasteiger partial charge in [0.05, 0.1) is 19.8 Å². The first-order valence-corrected chi connectivity index (χ1v) is 9.68. The largest absolute Gasteiger partial charge is 0.497 e. The smallest absolute Gasteiger partial charge is 0.337 e. The molecule has 1 heterocycles.